The first kappa shape index (κ1) is 13.1. The summed E-state index contributed by atoms with van der Waals surface area (Å²) in [4.78, 5) is 12.0. The quantitative estimate of drug-likeness (QED) is 0.897. The number of hydrogen-bond acceptors (Lipinski definition) is 4. The van der Waals surface area contributed by atoms with Crippen LogP contribution < -0.4 is 10.1 Å². The number of carbonyl (C=O) groups is 1. The van der Waals surface area contributed by atoms with Gasteiger partial charge in [-0.3, -0.25) is 4.79 Å². The second-order valence-electron chi connectivity index (χ2n) is 4.15. The largest absolute Gasteiger partial charge is 0.480 e. The van der Waals surface area contributed by atoms with Gasteiger partial charge in [0, 0.05) is 6.07 Å². The van der Waals surface area contributed by atoms with Crippen LogP contribution in [0.3, 0.4) is 0 Å². The fraction of sp³-hybridized carbons (Fsp3) is 0.286. The molecule has 5 nitrogen and oxygen atoms in total. The summed E-state index contributed by atoms with van der Waals surface area (Å²) in [7, 11) is 0. The Labute approximate surface area is 111 Å². The molecule has 0 aliphatic heterocycles. The molecule has 5 heteroatoms. The molecule has 1 aromatic carbocycles. The molecule has 0 saturated carbocycles. The zero-order chi connectivity index (χ0) is 13.7. The first-order chi connectivity index (χ1) is 9.20. The predicted octanol–water partition coefficient (Wildman–Crippen LogP) is 2.78. The Morgan fingerprint density at radius 3 is 2.84 bits per heavy atom. The highest BCUT2D eigenvalue weighted by molar-refractivity contribution is 5.93. The van der Waals surface area contributed by atoms with E-state index in [1.54, 1.807) is 6.07 Å². The van der Waals surface area contributed by atoms with Gasteiger partial charge in [0.1, 0.15) is 12.0 Å². The maximum Gasteiger partial charge on any atom is 0.266 e. The van der Waals surface area contributed by atoms with Crippen molar-refractivity contribution in [2.45, 2.75) is 26.4 Å². The van der Waals surface area contributed by atoms with Crippen LogP contribution in [0.1, 0.15) is 18.9 Å². The van der Waals surface area contributed by atoms with E-state index in [-0.39, 0.29) is 5.91 Å². The molecule has 0 aliphatic rings. The van der Waals surface area contributed by atoms with E-state index in [0.29, 0.717) is 18.0 Å². The molecule has 2 rings (SSSR count). The molecule has 2 aromatic rings. The van der Waals surface area contributed by atoms with E-state index in [1.165, 1.54) is 6.26 Å². The minimum absolute atomic E-state index is 0.236. The van der Waals surface area contributed by atoms with Crippen LogP contribution in [0.25, 0.3) is 0 Å². The highest BCUT2D eigenvalue weighted by atomic mass is 16.5. The van der Waals surface area contributed by atoms with Crippen molar-refractivity contribution >= 4 is 11.7 Å². The molecule has 0 fully saturated rings. The van der Waals surface area contributed by atoms with Crippen LogP contribution in [0.4, 0.5) is 5.82 Å². The minimum Gasteiger partial charge on any atom is -0.480 e. The van der Waals surface area contributed by atoms with Gasteiger partial charge in [-0.25, -0.2) is 0 Å². The summed E-state index contributed by atoms with van der Waals surface area (Å²) in [6.07, 6.45) is 1.41. The van der Waals surface area contributed by atoms with Gasteiger partial charge in [-0.2, -0.15) is 0 Å². The van der Waals surface area contributed by atoms with Crippen LogP contribution in [0.15, 0.2) is 41.1 Å². The third-order valence-corrected chi connectivity index (χ3v) is 2.72. The van der Waals surface area contributed by atoms with Gasteiger partial charge in [0.15, 0.2) is 11.9 Å². The second kappa shape index (κ2) is 6.04. The molecule has 0 saturated heterocycles. The highest BCUT2D eigenvalue weighted by Crippen LogP contribution is 2.19. The molecule has 1 amide bonds. The van der Waals surface area contributed by atoms with Crippen molar-refractivity contribution in [2.24, 2.45) is 0 Å². The van der Waals surface area contributed by atoms with Crippen LogP contribution in [0.5, 0.6) is 5.75 Å². The molecule has 0 radical (unpaired) electrons. The van der Waals surface area contributed by atoms with Gasteiger partial charge >= 0.3 is 0 Å². The molecular weight excluding hydrogens is 244 g/mol. The number of rotatable bonds is 5. The average Bonchev–Trinajstić information content (AvgIpc) is 2.90. The lowest BCUT2D eigenvalue weighted by atomic mass is 10.2. The number of anilines is 1. The lowest BCUT2D eigenvalue weighted by Gasteiger charge is -2.17. The van der Waals surface area contributed by atoms with E-state index >= 15 is 0 Å². The molecule has 0 aliphatic carbocycles. The Morgan fingerprint density at radius 2 is 2.21 bits per heavy atom. The SMILES string of the molecule is CCC(Oc1ccccc1C)C(=O)Nc1ccon1. The molecule has 1 aromatic heterocycles. The second-order valence-corrected chi connectivity index (χ2v) is 4.15. The van der Waals surface area contributed by atoms with E-state index < -0.39 is 6.10 Å². The maximum absolute atomic E-state index is 12.0. The fourth-order valence-corrected chi connectivity index (χ4v) is 1.65. The van der Waals surface area contributed by atoms with Crippen molar-refractivity contribution in [3.63, 3.8) is 0 Å². The summed E-state index contributed by atoms with van der Waals surface area (Å²) >= 11 is 0. The van der Waals surface area contributed by atoms with Gasteiger partial charge in [0.05, 0.1) is 0 Å². The number of nitrogens with zero attached hydrogens (tertiary/aromatic N) is 1. The molecule has 0 bridgehead atoms. The van der Waals surface area contributed by atoms with Crippen LogP contribution in [0, 0.1) is 6.92 Å². The lowest BCUT2D eigenvalue weighted by molar-refractivity contribution is -0.122. The van der Waals surface area contributed by atoms with Gasteiger partial charge in [0.25, 0.3) is 5.91 Å². The summed E-state index contributed by atoms with van der Waals surface area (Å²) in [6.45, 7) is 3.84. The predicted molar refractivity (Wildman–Crippen MR) is 71.0 cm³/mol. The van der Waals surface area contributed by atoms with E-state index in [1.807, 2.05) is 38.1 Å². The Hall–Kier alpha value is -2.30. The number of aryl methyl sites for hydroxylation is 1. The number of hydrogen-bond donors (Lipinski definition) is 1. The zero-order valence-electron chi connectivity index (χ0n) is 10.9. The number of para-hydroxylation sites is 1. The molecule has 1 heterocycles. The van der Waals surface area contributed by atoms with E-state index in [4.69, 9.17) is 4.74 Å². The molecule has 1 atom stereocenters. The van der Waals surface area contributed by atoms with Crippen molar-refractivity contribution in [3.05, 3.63) is 42.2 Å². The maximum atomic E-state index is 12.0. The third-order valence-electron chi connectivity index (χ3n) is 2.72. The van der Waals surface area contributed by atoms with Crippen molar-refractivity contribution in [2.75, 3.05) is 5.32 Å². The van der Waals surface area contributed by atoms with E-state index in [2.05, 4.69) is 15.0 Å². The summed E-state index contributed by atoms with van der Waals surface area (Å²) in [5.74, 6) is 0.862. The van der Waals surface area contributed by atoms with Crippen LogP contribution in [-0.4, -0.2) is 17.2 Å². The van der Waals surface area contributed by atoms with Gasteiger partial charge in [-0.05, 0) is 25.0 Å². The van der Waals surface area contributed by atoms with Gasteiger partial charge < -0.3 is 14.6 Å². The average molecular weight is 260 g/mol. The summed E-state index contributed by atoms with van der Waals surface area (Å²) in [5, 5.41) is 6.28. The number of aromatic nitrogens is 1. The minimum atomic E-state index is -0.558. The van der Waals surface area contributed by atoms with Crippen LogP contribution in [0.2, 0.25) is 0 Å². The molecule has 0 spiro atoms. The standard InChI is InChI=1S/C14H16N2O3/c1-3-11(14(17)15-13-8-9-18-16-13)19-12-7-5-4-6-10(12)2/h4-9,11H,3H2,1-2H3,(H,15,16,17). The fourth-order valence-electron chi connectivity index (χ4n) is 1.65. The summed E-state index contributed by atoms with van der Waals surface area (Å²) < 4.78 is 10.4. The van der Waals surface area contributed by atoms with Gasteiger partial charge in [0.2, 0.25) is 0 Å². The van der Waals surface area contributed by atoms with Crippen LogP contribution in [-0.2, 0) is 4.79 Å². The molecule has 100 valence electrons. The first-order valence-electron chi connectivity index (χ1n) is 6.14. The molecule has 1 N–H and O–H groups in total. The summed E-state index contributed by atoms with van der Waals surface area (Å²) in [6, 6.07) is 9.18. The van der Waals surface area contributed by atoms with Crippen LogP contribution >= 0.6 is 0 Å². The number of nitrogens with one attached hydrogen (secondary N) is 1. The van der Waals surface area contributed by atoms with E-state index in [9.17, 15) is 4.79 Å². The normalized spacial score (nSPS) is 11.9. The molecule has 19 heavy (non-hydrogen) atoms. The Balaban J connectivity index is 2.04. The third kappa shape index (κ3) is 3.34. The Bertz CT molecular complexity index is 537. The Kier molecular flexibility index (Phi) is 4.18. The van der Waals surface area contributed by atoms with Crippen molar-refractivity contribution in [1.29, 1.82) is 0 Å². The van der Waals surface area contributed by atoms with E-state index in [0.717, 1.165) is 5.56 Å². The molecule has 1 unspecified atom stereocenters. The van der Waals surface area contributed by atoms with Crippen molar-refractivity contribution in [1.82, 2.24) is 5.16 Å². The van der Waals surface area contributed by atoms with Crippen molar-refractivity contribution in [3.8, 4) is 5.75 Å². The monoisotopic (exact) mass is 260 g/mol. The number of ether oxygens (including phenoxy) is 1. The highest BCUT2D eigenvalue weighted by Gasteiger charge is 2.19. The molecular formula is C14H16N2O3. The topological polar surface area (TPSA) is 64.4 Å². The zero-order valence-corrected chi connectivity index (χ0v) is 10.9. The number of carbonyl (C=O) groups excluding carboxylic acids is 1. The number of benzene rings is 1. The van der Waals surface area contributed by atoms with Gasteiger partial charge in [-0.15, -0.1) is 0 Å². The smallest absolute Gasteiger partial charge is 0.266 e. The van der Waals surface area contributed by atoms with Crippen molar-refractivity contribution < 1.29 is 14.1 Å². The summed E-state index contributed by atoms with van der Waals surface area (Å²) in [5.41, 5.74) is 0.996. The van der Waals surface area contributed by atoms with Gasteiger partial charge in [-0.1, -0.05) is 30.3 Å². The lowest BCUT2D eigenvalue weighted by Crippen LogP contribution is -2.32. The Morgan fingerprint density at radius 1 is 1.42 bits per heavy atom. The number of amides is 1. The first-order valence-corrected chi connectivity index (χ1v) is 6.14.